The molecule has 88 valence electrons. The van der Waals surface area contributed by atoms with Gasteiger partial charge < -0.3 is 5.73 Å². The van der Waals surface area contributed by atoms with Crippen molar-refractivity contribution in [3.63, 3.8) is 0 Å². The summed E-state index contributed by atoms with van der Waals surface area (Å²) in [6, 6.07) is 4.74. The summed E-state index contributed by atoms with van der Waals surface area (Å²) < 4.78 is 0. The number of aromatic nitrogens is 1. The van der Waals surface area contributed by atoms with Crippen molar-refractivity contribution in [3.8, 4) is 0 Å². The third kappa shape index (κ3) is 2.42. The van der Waals surface area contributed by atoms with Crippen molar-refractivity contribution in [2.45, 2.75) is 38.3 Å². The van der Waals surface area contributed by atoms with Gasteiger partial charge in [-0.2, -0.15) is 0 Å². The molecule has 2 unspecified atom stereocenters. The SMILES string of the molecule is CCN1CCCCC(N)C1c1cccnc1. The minimum absolute atomic E-state index is 0.242. The molecule has 16 heavy (non-hydrogen) atoms. The standard InChI is InChI=1S/C13H21N3/c1-2-16-9-4-3-7-12(14)13(16)11-6-5-8-15-10-11/h5-6,8,10,12-13H,2-4,7,9,14H2,1H3. The van der Waals surface area contributed by atoms with Crippen LogP contribution in [0.25, 0.3) is 0 Å². The zero-order valence-electron chi connectivity index (χ0n) is 9.97. The average molecular weight is 219 g/mol. The highest BCUT2D eigenvalue weighted by Crippen LogP contribution is 2.28. The van der Waals surface area contributed by atoms with Gasteiger partial charge in [0.25, 0.3) is 0 Å². The van der Waals surface area contributed by atoms with E-state index in [1.165, 1.54) is 18.4 Å². The first-order valence-corrected chi connectivity index (χ1v) is 6.22. The Kier molecular flexibility index (Phi) is 3.91. The molecule has 0 aliphatic carbocycles. The predicted octanol–water partition coefficient (Wildman–Crippen LogP) is 1.96. The summed E-state index contributed by atoms with van der Waals surface area (Å²) in [6.07, 6.45) is 7.41. The lowest BCUT2D eigenvalue weighted by Gasteiger charge is -2.32. The maximum atomic E-state index is 6.31. The lowest BCUT2D eigenvalue weighted by molar-refractivity contribution is 0.195. The Morgan fingerprint density at radius 3 is 3.06 bits per heavy atom. The first-order chi connectivity index (χ1) is 7.83. The topological polar surface area (TPSA) is 42.1 Å². The summed E-state index contributed by atoms with van der Waals surface area (Å²) in [7, 11) is 0. The van der Waals surface area contributed by atoms with Crippen LogP contribution in [0.4, 0.5) is 0 Å². The number of nitrogens with two attached hydrogens (primary N) is 1. The molecule has 1 aromatic rings. The van der Waals surface area contributed by atoms with Gasteiger partial charge in [0.05, 0.1) is 6.04 Å². The van der Waals surface area contributed by atoms with Crippen LogP contribution in [0.2, 0.25) is 0 Å². The molecule has 1 fully saturated rings. The Bertz CT molecular complexity index is 312. The van der Waals surface area contributed by atoms with Crippen LogP contribution in [0.1, 0.15) is 37.8 Å². The molecule has 0 radical (unpaired) electrons. The molecule has 2 rings (SSSR count). The molecule has 1 aliphatic rings. The molecule has 0 spiro atoms. The van der Waals surface area contributed by atoms with E-state index in [0.717, 1.165) is 19.5 Å². The van der Waals surface area contributed by atoms with E-state index in [2.05, 4.69) is 22.9 Å². The van der Waals surface area contributed by atoms with Gasteiger partial charge in [-0.3, -0.25) is 9.88 Å². The third-order valence-electron chi connectivity index (χ3n) is 3.46. The number of rotatable bonds is 2. The van der Waals surface area contributed by atoms with Crippen LogP contribution in [0.3, 0.4) is 0 Å². The lowest BCUT2D eigenvalue weighted by Crippen LogP contribution is -2.39. The lowest BCUT2D eigenvalue weighted by atomic mass is 9.98. The van der Waals surface area contributed by atoms with Crippen molar-refractivity contribution in [2.24, 2.45) is 5.73 Å². The molecule has 1 aliphatic heterocycles. The molecule has 2 heterocycles. The number of likely N-dealkylation sites (N-methyl/N-ethyl adjacent to an activating group) is 1. The Morgan fingerprint density at radius 2 is 2.38 bits per heavy atom. The minimum Gasteiger partial charge on any atom is -0.326 e. The van der Waals surface area contributed by atoms with E-state index in [9.17, 15) is 0 Å². The van der Waals surface area contributed by atoms with Crippen molar-refractivity contribution in [1.82, 2.24) is 9.88 Å². The Labute approximate surface area is 97.7 Å². The van der Waals surface area contributed by atoms with E-state index < -0.39 is 0 Å². The summed E-state index contributed by atoms with van der Waals surface area (Å²) in [6.45, 7) is 4.43. The molecule has 1 saturated heterocycles. The van der Waals surface area contributed by atoms with Crippen LogP contribution in [-0.4, -0.2) is 29.0 Å². The van der Waals surface area contributed by atoms with Crippen LogP contribution >= 0.6 is 0 Å². The Morgan fingerprint density at radius 1 is 1.50 bits per heavy atom. The number of nitrogens with zero attached hydrogens (tertiary/aromatic N) is 2. The fourth-order valence-electron chi connectivity index (χ4n) is 2.63. The molecule has 0 saturated carbocycles. The second kappa shape index (κ2) is 5.41. The summed E-state index contributed by atoms with van der Waals surface area (Å²) >= 11 is 0. The van der Waals surface area contributed by atoms with Crippen molar-refractivity contribution in [2.75, 3.05) is 13.1 Å². The zero-order valence-corrected chi connectivity index (χ0v) is 9.97. The van der Waals surface area contributed by atoms with Crippen molar-refractivity contribution < 1.29 is 0 Å². The molecule has 0 aromatic carbocycles. The highest BCUT2D eigenvalue weighted by Gasteiger charge is 2.27. The minimum atomic E-state index is 0.242. The van der Waals surface area contributed by atoms with Gasteiger partial charge in [-0.1, -0.05) is 19.4 Å². The molecule has 3 nitrogen and oxygen atoms in total. The highest BCUT2D eigenvalue weighted by molar-refractivity contribution is 5.16. The van der Waals surface area contributed by atoms with Crippen molar-refractivity contribution in [1.29, 1.82) is 0 Å². The van der Waals surface area contributed by atoms with Gasteiger partial charge in [-0.25, -0.2) is 0 Å². The van der Waals surface area contributed by atoms with Crippen LogP contribution in [-0.2, 0) is 0 Å². The van der Waals surface area contributed by atoms with Gasteiger partial charge in [-0.15, -0.1) is 0 Å². The predicted molar refractivity (Wildman–Crippen MR) is 66.1 cm³/mol. The van der Waals surface area contributed by atoms with E-state index in [1.54, 1.807) is 0 Å². The summed E-state index contributed by atoms with van der Waals surface area (Å²) in [5, 5.41) is 0. The molecular formula is C13H21N3. The van der Waals surface area contributed by atoms with Crippen molar-refractivity contribution >= 4 is 0 Å². The smallest absolute Gasteiger partial charge is 0.0514 e. The number of likely N-dealkylation sites (tertiary alicyclic amines) is 1. The van der Waals surface area contributed by atoms with Crippen LogP contribution in [0, 0.1) is 0 Å². The maximum absolute atomic E-state index is 6.31. The quantitative estimate of drug-likeness (QED) is 0.826. The second-order valence-corrected chi connectivity index (χ2v) is 4.52. The summed E-state index contributed by atoms with van der Waals surface area (Å²) in [5.41, 5.74) is 7.57. The number of pyridine rings is 1. The van der Waals surface area contributed by atoms with Gasteiger partial charge in [0.1, 0.15) is 0 Å². The monoisotopic (exact) mass is 219 g/mol. The van der Waals surface area contributed by atoms with Gasteiger partial charge in [-0.05, 0) is 37.6 Å². The molecule has 1 aromatic heterocycles. The fraction of sp³-hybridized carbons (Fsp3) is 0.615. The van der Waals surface area contributed by atoms with Gasteiger partial charge >= 0.3 is 0 Å². The number of hydrogen-bond acceptors (Lipinski definition) is 3. The van der Waals surface area contributed by atoms with Crippen LogP contribution < -0.4 is 5.73 Å². The van der Waals surface area contributed by atoms with Crippen LogP contribution in [0.15, 0.2) is 24.5 Å². The molecule has 2 atom stereocenters. The molecular weight excluding hydrogens is 198 g/mol. The van der Waals surface area contributed by atoms with Crippen molar-refractivity contribution in [3.05, 3.63) is 30.1 Å². The molecule has 3 heteroatoms. The Hall–Kier alpha value is -0.930. The van der Waals surface area contributed by atoms with Gasteiger partial charge in [0, 0.05) is 18.4 Å². The molecule has 0 bridgehead atoms. The number of hydrogen-bond donors (Lipinski definition) is 1. The average Bonchev–Trinajstić information content (AvgIpc) is 2.51. The van der Waals surface area contributed by atoms with E-state index in [-0.39, 0.29) is 6.04 Å². The molecule has 2 N–H and O–H groups in total. The summed E-state index contributed by atoms with van der Waals surface area (Å²) in [4.78, 5) is 6.69. The van der Waals surface area contributed by atoms with E-state index in [1.807, 2.05) is 18.5 Å². The van der Waals surface area contributed by atoms with Gasteiger partial charge in [0.2, 0.25) is 0 Å². The van der Waals surface area contributed by atoms with Crippen LogP contribution in [0.5, 0.6) is 0 Å². The maximum Gasteiger partial charge on any atom is 0.0514 e. The first-order valence-electron chi connectivity index (χ1n) is 6.22. The normalized spacial score (nSPS) is 27.6. The van der Waals surface area contributed by atoms with E-state index in [4.69, 9.17) is 5.73 Å². The summed E-state index contributed by atoms with van der Waals surface area (Å²) in [5.74, 6) is 0. The fourth-order valence-corrected chi connectivity index (χ4v) is 2.63. The highest BCUT2D eigenvalue weighted by atomic mass is 15.2. The largest absolute Gasteiger partial charge is 0.326 e. The first kappa shape index (κ1) is 11.6. The molecule has 0 amide bonds. The third-order valence-corrected chi connectivity index (χ3v) is 3.46. The van der Waals surface area contributed by atoms with Gasteiger partial charge in [0.15, 0.2) is 0 Å². The Balaban J connectivity index is 2.25. The van der Waals surface area contributed by atoms with E-state index in [0.29, 0.717) is 6.04 Å². The zero-order chi connectivity index (χ0) is 11.4. The second-order valence-electron chi connectivity index (χ2n) is 4.52. The van der Waals surface area contributed by atoms with E-state index >= 15 is 0 Å².